The van der Waals surface area contributed by atoms with Gasteiger partial charge in [-0.15, -0.1) is 0 Å². The van der Waals surface area contributed by atoms with E-state index in [9.17, 15) is 4.79 Å². The van der Waals surface area contributed by atoms with Gasteiger partial charge >= 0.3 is 0 Å². The van der Waals surface area contributed by atoms with E-state index in [-0.39, 0.29) is 11.9 Å². The Kier molecular flexibility index (Phi) is 5.77. The molecule has 1 amide bonds. The van der Waals surface area contributed by atoms with Crippen LogP contribution in [0, 0.1) is 6.92 Å². The molecule has 27 heavy (non-hydrogen) atoms. The normalized spacial score (nSPS) is 11.5. The second-order valence-corrected chi connectivity index (χ2v) is 6.21. The Morgan fingerprint density at radius 3 is 2.00 bits per heavy atom. The SMILES string of the molecule is COc1cccc(OC)c1C(=O)N[C@@H](c1ccccc1)c1ccccc1C. The van der Waals surface area contributed by atoms with E-state index < -0.39 is 0 Å². The third-order valence-corrected chi connectivity index (χ3v) is 4.56. The minimum absolute atomic E-state index is 0.249. The summed E-state index contributed by atoms with van der Waals surface area (Å²) in [6.45, 7) is 2.04. The Labute approximate surface area is 159 Å². The summed E-state index contributed by atoms with van der Waals surface area (Å²) in [5, 5.41) is 3.16. The Morgan fingerprint density at radius 2 is 1.41 bits per heavy atom. The molecule has 138 valence electrons. The maximum Gasteiger partial charge on any atom is 0.259 e. The number of ether oxygens (including phenoxy) is 2. The van der Waals surface area contributed by atoms with E-state index in [1.807, 2.05) is 61.5 Å². The first-order valence-corrected chi connectivity index (χ1v) is 8.78. The predicted octanol–water partition coefficient (Wildman–Crippen LogP) is 4.53. The van der Waals surface area contributed by atoms with Crippen LogP contribution in [0.3, 0.4) is 0 Å². The van der Waals surface area contributed by atoms with Crippen molar-refractivity contribution in [3.63, 3.8) is 0 Å². The molecule has 4 nitrogen and oxygen atoms in total. The second-order valence-electron chi connectivity index (χ2n) is 6.21. The molecule has 0 radical (unpaired) electrons. The zero-order valence-corrected chi connectivity index (χ0v) is 15.7. The second kappa shape index (κ2) is 8.41. The molecular weight excluding hydrogens is 338 g/mol. The molecule has 3 aromatic rings. The first kappa shape index (κ1) is 18.5. The molecule has 0 bridgehead atoms. The highest BCUT2D eigenvalue weighted by Crippen LogP contribution is 2.30. The van der Waals surface area contributed by atoms with Crippen molar-refractivity contribution in [1.82, 2.24) is 5.32 Å². The lowest BCUT2D eigenvalue weighted by atomic mass is 9.94. The van der Waals surface area contributed by atoms with Crippen LogP contribution in [0.1, 0.15) is 33.1 Å². The molecule has 0 heterocycles. The number of hydrogen-bond acceptors (Lipinski definition) is 3. The molecule has 0 spiro atoms. The van der Waals surface area contributed by atoms with Crippen molar-refractivity contribution in [2.24, 2.45) is 0 Å². The van der Waals surface area contributed by atoms with Crippen molar-refractivity contribution >= 4 is 5.91 Å². The first-order chi connectivity index (χ1) is 13.2. The van der Waals surface area contributed by atoms with Crippen LogP contribution in [0.5, 0.6) is 11.5 Å². The van der Waals surface area contributed by atoms with Crippen LogP contribution >= 0.6 is 0 Å². The third-order valence-electron chi connectivity index (χ3n) is 4.56. The van der Waals surface area contributed by atoms with E-state index in [0.717, 1.165) is 16.7 Å². The smallest absolute Gasteiger partial charge is 0.259 e. The topological polar surface area (TPSA) is 47.6 Å². The Hall–Kier alpha value is -3.27. The van der Waals surface area contributed by atoms with Gasteiger partial charge < -0.3 is 14.8 Å². The molecule has 0 saturated heterocycles. The summed E-state index contributed by atoms with van der Waals surface area (Å²) in [6.07, 6.45) is 0. The molecule has 3 rings (SSSR count). The average Bonchev–Trinajstić information content (AvgIpc) is 2.72. The number of amides is 1. The maximum atomic E-state index is 13.2. The van der Waals surface area contributed by atoms with Crippen LogP contribution in [0.25, 0.3) is 0 Å². The Bertz CT molecular complexity index is 900. The van der Waals surface area contributed by atoms with E-state index in [1.54, 1.807) is 32.4 Å². The minimum Gasteiger partial charge on any atom is -0.496 e. The van der Waals surface area contributed by atoms with Crippen LogP contribution in [-0.4, -0.2) is 20.1 Å². The maximum absolute atomic E-state index is 13.2. The van der Waals surface area contributed by atoms with Crippen LogP contribution in [0.4, 0.5) is 0 Å². The molecule has 1 N–H and O–H groups in total. The number of carbonyl (C=O) groups is 1. The molecule has 0 aliphatic heterocycles. The van der Waals surface area contributed by atoms with E-state index >= 15 is 0 Å². The Morgan fingerprint density at radius 1 is 0.815 bits per heavy atom. The lowest BCUT2D eigenvalue weighted by molar-refractivity contribution is 0.0936. The number of benzene rings is 3. The van der Waals surface area contributed by atoms with Gasteiger partial charge in [-0.05, 0) is 35.7 Å². The predicted molar refractivity (Wildman–Crippen MR) is 106 cm³/mol. The van der Waals surface area contributed by atoms with E-state index in [4.69, 9.17) is 9.47 Å². The lowest BCUT2D eigenvalue weighted by Gasteiger charge is -2.23. The highest BCUT2D eigenvalue weighted by Gasteiger charge is 2.23. The van der Waals surface area contributed by atoms with Gasteiger partial charge in [0.25, 0.3) is 5.91 Å². The van der Waals surface area contributed by atoms with Crippen molar-refractivity contribution < 1.29 is 14.3 Å². The van der Waals surface area contributed by atoms with Crippen LogP contribution in [0.15, 0.2) is 72.8 Å². The van der Waals surface area contributed by atoms with E-state index in [2.05, 4.69) is 5.32 Å². The number of hydrogen-bond donors (Lipinski definition) is 1. The summed E-state index contributed by atoms with van der Waals surface area (Å²) < 4.78 is 10.8. The molecule has 0 saturated carbocycles. The fraction of sp³-hybridized carbons (Fsp3) is 0.174. The van der Waals surface area contributed by atoms with Crippen molar-refractivity contribution in [3.05, 3.63) is 95.1 Å². The minimum atomic E-state index is -0.283. The number of rotatable bonds is 6. The molecule has 1 atom stereocenters. The molecule has 0 unspecified atom stereocenters. The summed E-state index contributed by atoms with van der Waals surface area (Å²) in [6, 6.07) is 23.0. The number of nitrogens with one attached hydrogen (secondary N) is 1. The summed E-state index contributed by atoms with van der Waals surface area (Å²) in [4.78, 5) is 13.2. The van der Waals surface area contributed by atoms with Gasteiger partial charge in [0.05, 0.1) is 20.3 Å². The zero-order valence-electron chi connectivity index (χ0n) is 15.7. The van der Waals surface area contributed by atoms with E-state index in [1.165, 1.54) is 0 Å². The van der Waals surface area contributed by atoms with Gasteiger partial charge in [-0.3, -0.25) is 4.79 Å². The van der Waals surface area contributed by atoms with Crippen molar-refractivity contribution in [1.29, 1.82) is 0 Å². The highest BCUT2D eigenvalue weighted by atomic mass is 16.5. The van der Waals surface area contributed by atoms with Crippen molar-refractivity contribution in [2.45, 2.75) is 13.0 Å². The van der Waals surface area contributed by atoms with Gasteiger partial charge in [0.2, 0.25) is 0 Å². The first-order valence-electron chi connectivity index (χ1n) is 8.78. The van der Waals surface area contributed by atoms with Crippen molar-refractivity contribution in [3.8, 4) is 11.5 Å². The number of carbonyl (C=O) groups excluding carboxylic acids is 1. The van der Waals surface area contributed by atoms with Gasteiger partial charge in [0.15, 0.2) is 0 Å². The third kappa shape index (κ3) is 3.95. The van der Waals surface area contributed by atoms with Gasteiger partial charge in [-0.25, -0.2) is 0 Å². The summed E-state index contributed by atoms with van der Waals surface area (Å²) >= 11 is 0. The van der Waals surface area contributed by atoms with Gasteiger partial charge in [0.1, 0.15) is 17.1 Å². The van der Waals surface area contributed by atoms with Gasteiger partial charge in [0, 0.05) is 0 Å². The summed E-state index contributed by atoms with van der Waals surface area (Å²) in [7, 11) is 3.09. The fourth-order valence-electron chi connectivity index (χ4n) is 3.18. The number of aryl methyl sites for hydroxylation is 1. The average molecular weight is 361 g/mol. The summed E-state index contributed by atoms with van der Waals surface area (Å²) in [5.41, 5.74) is 3.55. The lowest BCUT2D eigenvalue weighted by Crippen LogP contribution is -2.30. The largest absolute Gasteiger partial charge is 0.496 e. The number of methoxy groups -OCH3 is 2. The van der Waals surface area contributed by atoms with Crippen molar-refractivity contribution in [2.75, 3.05) is 14.2 Å². The monoisotopic (exact) mass is 361 g/mol. The van der Waals surface area contributed by atoms with Crippen LogP contribution in [-0.2, 0) is 0 Å². The molecule has 4 heteroatoms. The van der Waals surface area contributed by atoms with Gasteiger partial charge in [-0.2, -0.15) is 0 Å². The highest BCUT2D eigenvalue weighted by molar-refractivity contribution is 6.00. The molecule has 3 aromatic carbocycles. The quantitative estimate of drug-likeness (QED) is 0.702. The molecular formula is C23H23NO3. The van der Waals surface area contributed by atoms with Crippen LogP contribution in [0.2, 0.25) is 0 Å². The molecule has 0 fully saturated rings. The van der Waals surface area contributed by atoms with E-state index in [0.29, 0.717) is 17.1 Å². The van der Waals surface area contributed by atoms with Gasteiger partial charge in [-0.1, -0.05) is 60.7 Å². The Balaban J connectivity index is 2.04. The molecule has 0 aliphatic carbocycles. The molecule has 0 aliphatic rings. The standard InChI is InChI=1S/C23H23NO3/c1-16-10-7-8-13-18(16)22(17-11-5-4-6-12-17)24-23(25)21-19(26-2)14-9-15-20(21)27-3/h4-15,22H,1-3H3,(H,24,25)/t22-/m0/s1. The van der Waals surface area contributed by atoms with Crippen LogP contribution < -0.4 is 14.8 Å². The zero-order chi connectivity index (χ0) is 19.2. The fourth-order valence-corrected chi connectivity index (χ4v) is 3.18. The molecule has 0 aromatic heterocycles. The summed E-state index contributed by atoms with van der Waals surface area (Å²) in [5.74, 6) is 0.702.